The zero-order valence-electron chi connectivity index (χ0n) is 20.4. The smallest absolute Gasteiger partial charge is 0.0690 e. The van der Waals surface area contributed by atoms with Crippen LogP contribution in [0.3, 0.4) is 0 Å². The van der Waals surface area contributed by atoms with E-state index in [0.29, 0.717) is 0 Å². The maximum Gasteiger partial charge on any atom is 0.0690 e. The van der Waals surface area contributed by atoms with Crippen LogP contribution in [0.25, 0.3) is 12.2 Å². The molecule has 3 aliphatic heterocycles. The molecule has 3 heteroatoms. The van der Waals surface area contributed by atoms with E-state index in [0.717, 1.165) is 40.6 Å². The van der Waals surface area contributed by atoms with E-state index in [1.54, 1.807) is 0 Å². The number of hydrogen-bond donors (Lipinski definition) is 1. The highest BCUT2D eigenvalue weighted by molar-refractivity contribution is 6.14. The van der Waals surface area contributed by atoms with Gasteiger partial charge in [-0.05, 0) is 142 Å². The van der Waals surface area contributed by atoms with Crippen LogP contribution in [0.15, 0.2) is 78.1 Å². The molecule has 0 unspecified atom stereocenters. The maximum atomic E-state index is 5.04. The Morgan fingerprint density at radius 3 is 1.34 bits per heavy atom. The van der Waals surface area contributed by atoms with Crippen LogP contribution in [0.5, 0.6) is 0 Å². The predicted octanol–water partition coefficient (Wildman–Crippen LogP) is 7.50. The molecule has 0 spiro atoms. The van der Waals surface area contributed by atoms with Gasteiger partial charge in [-0.15, -0.1) is 0 Å². The van der Waals surface area contributed by atoms with Crippen molar-refractivity contribution < 1.29 is 0 Å². The van der Waals surface area contributed by atoms with Crippen molar-refractivity contribution in [3.8, 4) is 0 Å². The number of aliphatic imine (C=N–C) groups is 2. The van der Waals surface area contributed by atoms with Crippen LogP contribution < -0.4 is 0 Å². The lowest BCUT2D eigenvalue weighted by Crippen LogP contribution is -1.96. The molecule has 1 aliphatic carbocycles. The Labute approximate surface area is 191 Å². The first-order valence-electron chi connectivity index (χ1n) is 11.4. The van der Waals surface area contributed by atoms with Gasteiger partial charge in [-0.2, -0.15) is 0 Å². The van der Waals surface area contributed by atoms with Gasteiger partial charge in [0.25, 0.3) is 0 Å². The number of hydrogen-bond acceptors (Lipinski definition) is 2. The highest BCUT2D eigenvalue weighted by atomic mass is 14.8. The van der Waals surface area contributed by atoms with Crippen molar-refractivity contribution in [2.24, 2.45) is 9.98 Å². The number of allylic oxidation sites excluding steroid dienone is 10. The molecule has 1 N–H and O–H groups in total. The van der Waals surface area contributed by atoms with E-state index in [1.807, 2.05) is 0 Å². The normalized spacial score (nSPS) is 27.0. The second kappa shape index (κ2) is 7.16. The summed E-state index contributed by atoms with van der Waals surface area (Å²) in [6, 6.07) is 0. The highest BCUT2D eigenvalue weighted by Crippen LogP contribution is 2.39. The minimum absolute atomic E-state index is 0.933. The molecule has 4 heterocycles. The maximum absolute atomic E-state index is 5.04. The Bertz CT molecular complexity index is 1280. The van der Waals surface area contributed by atoms with Crippen molar-refractivity contribution >= 4 is 23.6 Å². The molecular weight excluding hydrogens is 390 g/mol. The third-order valence-corrected chi connectivity index (χ3v) is 7.87. The van der Waals surface area contributed by atoms with Crippen LogP contribution in [-0.2, 0) is 0 Å². The fourth-order valence-electron chi connectivity index (χ4n) is 4.82. The Morgan fingerprint density at radius 1 is 0.531 bits per heavy atom. The molecule has 0 atom stereocenters. The second-order valence-electron chi connectivity index (χ2n) is 9.52. The van der Waals surface area contributed by atoms with Crippen molar-refractivity contribution in [3.05, 3.63) is 90.6 Å². The number of H-pyrrole nitrogens is 1. The molecule has 1 aromatic heterocycles. The van der Waals surface area contributed by atoms with E-state index in [9.17, 15) is 0 Å². The number of aromatic nitrogens is 1. The minimum atomic E-state index is 0.933. The zero-order valence-corrected chi connectivity index (χ0v) is 20.4. The molecule has 0 aromatic carbocycles. The Morgan fingerprint density at radius 2 is 0.938 bits per heavy atom. The molecule has 0 radical (unpaired) electrons. The van der Waals surface area contributed by atoms with Crippen LogP contribution >= 0.6 is 0 Å². The van der Waals surface area contributed by atoms with Gasteiger partial charge in [-0.3, -0.25) is 0 Å². The quantitative estimate of drug-likeness (QED) is 0.450. The Kier molecular flexibility index (Phi) is 4.63. The van der Waals surface area contributed by atoms with Crippen molar-refractivity contribution in [1.82, 2.24) is 4.98 Å². The van der Waals surface area contributed by atoms with E-state index in [-0.39, 0.29) is 0 Å². The van der Waals surface area contributed by atoms with E-state index in [2.05, 4.69) is 84.7 Å². The fraction of sp³-hybridized carbons (Fsp3) is 0.310. The van der Waals surface area contributed by atoms with Crippen LogP contribution in [0.1, 0.15) is 70.5 Å². The third kappa shape index (κ3) is 3.02. The summed E-state index contributed by atoms with van der Waals surface area (Å²) in [5.74, 6) is 0. The van der Waals surface area contributed by atoms with Crippen LogP contribution in [0, 0.1) is 13.8 Å². The molecule has 0 saturated heterocycles. The molecule has 1 aromatic rings. The summed E-state index contributed by atoms with van der Waals surface area (Å²) >= 11 is 0. The standard InChI is InChI=1S/C29H31N3/c1-14-15(2)23-9-22(14)10-24-16(3)18(5)26(30-24)12-28-20(7)21(8)29(32-28)13-27-19(6)17(4)25(11-23)31-27/h10-13,32H,9H2,1-8H3/b22-10+,23-11+,24-10?,25-11?,26-12-,27-13-,28-12?,29-13?. The van der Waals surface area contributed by atoms with E-state index in [1.165, 1.54) is 55.7 Å². The van der Waals surface area contributed by atoms with Crippen LogP contribution in [0.4, 0.5) is 0 Å². The van der Waals surface area contributed by atoms with Crippen molar-refractivity contribution in [2.75, 3.05) is 0 Å². The van der Waals surface area contributed by atoms with E-state index in [4.69, 9.17) is 9.98 Å². The lowest BCUT2D eigenvalue weighted by molar-refractivity contribution is 1.23. The van der Waals surface area contributed by atoms with Crippen LogP contribution in [-0.4, -0.2) is 16.4 Å². The summed E-state index contributed by atoms with van der Waals surface area (Å²) in [7, 11) is 0. The molecule has 5 rings (SSSR count). The Balaban J connectivity index is 1.80. The van der Waals surface area contributed by atoms with Gasteiger partial charge in [0.2, 0.25) is 0 Å². The first-order valence-corrected chi connectivity index (χ1v) is 11.4. The number of nitrogens with one attached hydrogen (secondary N) is 1. The fourth-order valence-corrected chi connectivity index (χ4v) is 4.82. The predicted molar refractivity (Wildman–Crippen MR) is 137 cm³/mol. The van der Waals surface area contributed by atoms with Crippen molar-refractivity contribution in [2.45, 2.75) is 61.8 Å². The lowest BCUT2D eigenvalue weighted by atomic mass is 10.0. The first-order chi connectivity index (χ1) is 15.2. The summed E-state index contributed by atoms with van der Waals surface area (Å²) < 4.78 is 0. The molecule has 32 heavy (non-hydrogen) atoms. The van der Waals surface area contributed by atoms with Gasteiger partial charge in [0, 0.05) is 11.4 Å². The molecule has 0 amide bonds. The number of nitrogens with zero attached hydrogens (tertiary/aromatic N) is 2. The summed E-state index contributed by atoms with van der Waals surface area (Å²) in [5, 5.41) is 0. The minimum Gasteiger partial charge on any atom is -0.355 e. The highest BCUT2D eigenvalue weighted by Gasteiger charge is 2.24. The third-order valence-electron chi connectivity index (χ3n) is 7.87. The van der Waals surface area contributed by atoms with Gasteiger partial charge < -0.3 is 4.98 Å². The topological polar surface area (TPSA) is 40.5 Å². The summed E-state index contributed by atoms with van der Waals surface area (Å²) in [6.45, 7) is 17.6. The lowest BCUT2D eigenvalue weighted by Gasteiger charge is -2.02. The number of fused-ring (bicyclic) bond motifs is 6. The van der Waals surface area contributed by atoms with Gasteiger partial charge >= 0.3 is 0 Å². The molecule has 0 fully saturated rings. The number of aromatic amines is 1. The summed E-state index contributed by atoms with van der Waals surface area (Å²) in [6.07, 6.45) is 9.92. The molecular formula is C29H31N3. The second-order valence-corrected chi connectivity index (χ2v) is 9.52. The zero-order chi connectivity index (χ0) is 22.9. The molecule has 3 nitrogen and oxygen atoms in total. The van der Waals surface area contributed by atoms with Crippen molar-refractivity contribution in [1.29, 1.82) is 0 Å². The molecule has 4 aliphatic rings. The van der Waals surface area contributed by atoms with E-state index < -0.39 is 0 Å². The van der Waals surface area contributed by atoms with E-state index >= 15 is 0 Å². The van der Waals surface area contributed by atoms with Crippen LogP contribution in [0.2, 0.25) is 0 Å². The van der Waals surface area contributed by atoms with Crippen molar-refractivity contribution in [3.63, 3.8) is 0 Å². The van der Waals surface area contributed by atoms with Gasteiger partial charge in [0.1, 0.15) is 0 Å². The largest absolute Gasteiger partial charge is 0.355 e. The summed E-state index contributed by atoms with van der Waals surface area (Å²) in [5.41, 5.74) is 19.5. The number of rotatable bonds is 0. The average molecular weight is 422 g/mol. The first kappa shape index (κ1) is 20.7. The Hall–Kier alpha value is -3.20. The van der Waals surface area contributed by atoms with Gasteiger partial charge in [-0.1, -0.05) is 0 Å². The molecule has 0 saturated carbocycles. The monoisotopic (exact) mass is 421 g/mol. The van der Waals surface area contributed by atoms with Gasteiger partial charge in [-0.25, -0.2) is 9.98 Å². The van der Waals surface area contributed by atoms with Gasteiger partial charge in [0.05, 0.1) is 22.8 Å². The van der Waals surface area contributed by atoms with Gasteiger partial charge in [0.15, 0.2) is 0 Å². The molecule has 8 bridgehead atoms. The SMILES string of the molecule is CC1=C(C)/C2=C/c3[nH]c(c(C)c3C)/C=C3N=C(/C=C4\C/C(=C\C1=N2)C(C)=C4C)C(C)=C\3C. The summed E-state index contributed by atoms with van der Waals surface area (Å²) in [4.78, 5) is 13.7. The average Bonchev–Trinajstić information content (AvgIpc) is 3.37. The molecule has 162 valence electrons.